The Morgan fingerprint density at radius 2 is 1.94 bits per heavy atom. The molecule has 0 aliphatic carbocycles. The highest BCUT2D eigenvalue weighted by Gasteiger charge is 2.28. The van der Waals surface area contributed by atoms with Gasteiger partial charge in [0.2, 0.25) is 0 Å². The smallest absolute Gasteiger partial charge is 0.120 e. The van der Waals surface area contributed by atoms with Crippen LogP contribution in [-0.2, 0) is 6.54 Å². The Labute approximate surface area is 109 Å². The van der Waals surface area contributed by atoms with Gasteiger partial charge in [-0.2, -0.15) is 0 Å². The van der Waals surface area contributed by atoms with Gasteiger partial charge in [-0.3, -0.25) is 9.80 Å². The van der Waals surface area contributed by atoms with Gasteiger partial charge < -0.3 is 5.11 Å². The number of fused-ring (bicyclic) bond motifs is 1. The summed E-state index contributed by atoms with van der Waals surface area (Å²) in [4.78, 5) is 5.15. The molecule has 2 heterocycles. The molecule has 2 aliphatic heterocycles. The Bertz CT molecular complexity index is 407. The number of phenolic OH excluding ortho intramolecular Hbond substituents is 1. The van der Waals surface area contributed by atoms with Crippen molar-refractivity contribution < 1.29 is 5.11 Å². The Balaban J connectivity index is 1.67. The van der Waals surface area contributed by atoms with Crippen LogP contribution in [0, 0.1) is 0 Å². The van der Waals surface area contributed by atoms with Gasteiger partial charge in [-0.05, 0) is 45.0 Å². The first kappa shape index (κ1) is 12.0. The number of hydrogen-bond donors (Lipinski definition) is 1. The molecule has 3 nitrogen and oxygen atoms in total. The molecular weight excluding hydrogens is 224 g/mol. The van der Waals surface area contributed by atoms with Gasteiger partial charge in [-0.15, -0.1) is 0 Å². The van der Waals surface area contributed by atoms with Gasteiger partial charge in [0.05, 0.1) is 0 Å². The number of nitrogens with zero attached hydrogens (tertiary/aromatic N) is 2. The van der Waals surface area contributed by atoms with Gasteiger partial charge in [0.25, 0.3) is 0 Å². The highest BCUT2D eigenvalue weighted by molar-refractivity contribution is 5.31. The molecule has 0 bridgehead atoms. The monoisotopic (exact) mass is 246 g/mol. The van der Waals surface area contributed by atoms with Crippen LogP contribution in [0.25, 0.3) is 0 Å². The summed E-state index contributed by atoms with van der Waals surface area (Å²) in [5.74, 6) is 0.435. The predicted molar refractivity (Wildman–Crippen MR) is 72.6 cm³/mol. The van der Waals surface area contributed by atoms with Crippen LogP contribution >= 0.6 is 0 Å². The van der Waals surface area contributed by atoms with Crippen molar-refractivity contribution in [2.75, 3.05) is 26.2 Å². The highest BCUT2D eigenvalue weighted by atomic mass is 16.3. The summed E-state index contributed by atoms with van der Waals surface area (Å²) in [7, 11) is 0. The minimum atomic E-state index is 0.435. The molecule has 0 saturated carbocycles. The lowest BCUT2D eigenvalue weighted by Gasteiger charge is -2.25. The maximum atomic E-state index is 9.86. The van der Waals surface area contributed by atoms with Crippen molar-refractivity contribution in [3.63, 3.8) is 0 Å². The topological polar surface area (TPSA) is 26.7 Å². The van der Waals surface area contributed by atoms with Gasteiger partial charge in [0, 0.05) is 24.7 Å². The first-order chi connectivity index (χ1) is 8.83. The highest BCUT2D eigenvalue weighted by Crippen LogP contribution is 2.24. The zero-order chi connectivity index (χ0) is 12.4. The Hall–Kier alpha value is -1.06. The van der Waals surface area contributed by atoms with E-state index in [2.05, 4.69) is 9.80 Å². The fraction of sp³-hybridized carbons (Fsp3) is 0.600. The molecule has 3 heteroatoms. The third kappa shape index (κ3) is 2.52. The predicted octanol–water partition coefficient (Wildman–Crippen LogP) is 2.06. The molecule has 3 rings (SSSR count). The van der Waals surface area contributed by atoms with Crippen molar-refractivity contribution in [3.8, 4) is 5.75 Å². The van der Waals surface area contributed by atoms with Crippen LogP contribution in [-0.4, -0.2) is 47.1 Å². The van der Waals surface area contributed by atoms with E-state index in [1.54, 1.807) is 6.07 Å². The van der Waals surface area contributed by atoms with Crippen LogP contribution < -0.4 is 0 Å². The molecule has 1 atom stereocenters. The van der Waals surface area contributed by atoms with Crippen molar-refractivity contribution in [1.29, 1.82) is 0 Å². The fourth-order valence-electron chi connectivity index (χ4n) is 3.31. The van der Waals surface area contributed by atoms with Crippen LogP contribution in [0.3, 0.4) is 0 Å². The van der Waals surface area contributed by atoms with Crippen LogP contribution in [0.4, 0.5) is 0 Å². The Morgan fingerprint density at radius 3 is 2.83 bits per heavy atom. The lowest BCUT2D eigenvalue weighted by Crippen LogP contribution is -2.36. The molecule has 0 amide bonds. The third-order valence-corrected chi connectivity index (χ3v) is 4.27. The molecular formula is C15H22N2O. The standard InChI is InChI=1S/C15H22N2O/c18-15-7-2-1-5-13(15)11-16-8-4-10-17-9-3-6-14(17)12-16/h1-2,5,7,14,18H,3-4,6,8-12H2. The van der Waals surface area contributed by atoms with Crippen molar-refractivity contribution in [3.05, 3.63) is 29.8 Å². The van der Waals surface area contributed by atoms with Crippen LogP contribution in [0.2, 0.25) is 0 Å². The normalized spacial score (nSPS) is 25.9. The van der Waals surface area contributed by atoms with Gasteiger partial charge in [-0.25, -0.2) is 0 Å². The van der Waals surface area contributed by atoms with E-state index in [0.717, 1.165) is 31.2 Å². The summed E-state index contributed by atoms with van der Waals surface area (Å²) < 4.78 is 0. The molecule has 1 aromatic carbocycles. The Kier molecular flexibility index (Phi) is 3.52. The molecule has 0 radical (unpaired) electrons. The van der Waals surface area contributed by atoms with E-state index in [4.69, 9.17) is 0 Å². The van der Waals surface area contributed by atoms with Crippen LogP contribution in [0.1, 0.15) is 24.8 Å². The molecule has 2 saturated heterocycles. The zero-order valence-electron chi connectivity index (χ0n) is 10.9. The molecule has 1 N–H and O–H groups in total. The number of para-hydroxylation sites is 1. The van der Waals surface area contributed by atoms with E-state index in [1.165, 1.54) is 32.4 Å². The summed E-state index contributed by atoms with van der Waals surface area (Å²) in [6, 6.07) is 8.47. The number of benzene rings is 1. The lowest BCUT2D eigenvalue weighted by atomic mass is 10.1. The van der Waals surface area contributed by atoms with Crippen molar-refractivity contribution in [2.24, 2.45) is 0 Å². The van der Waals surface area contributed by atoms with Crippen molar-refractivity contribution in [2.45, 2.75) is 31.8 Å². The second-order valence-electron chi connectivity index (χ2n) is 5.55. The van der Waals surface area contributed by atoms with E-state index in [0.29, 0.717) is 5.75 Å². The summed E-state index contributed by atoms with van der Waals surface area (Å²) >= 11 is 0. The summed E-state index contributed by atoms with van der Waals surface area (Å²) in [6.07, 6.45) is 3.95. The van der Waals surface area contributed by atoms with E-state index >= 15 is 0 Å². The first-order valence-electron chi connectivity index (χ1n) is 7.06. The second-order valence-corrected chi connectivity index (χ2v) is 5.55. The number of aromatic hydroxyl groups is 1. The fourth-order valence-corrected chi connectivity index (χ4v) is 3.31. The average Bonchev–Trinajstić information content (AvgIpc) is 2.71. The van der Waals surface area contributed by atoms with E-state index < -0.39 is 0 Å². The summed E-state index contributed by atoms with van der Waals surface area (Å²) in [5.41, 5.74) is 1.06. The average molecular weight is 246 g/mol. The minimum Gasteiger partial charge on any atom is -0.508 e. The minimum absolute atomic E-state index is 0.435. The maximum absolute atomic E-state index is 9.86. The summed E-state index contributed by atoms with van der Waals surface area (Å²) in [6.45, 7) is 5.74. The quantitative estimate of drug-likeness (QED) is 0.865. The Morgan fingerprint density at radius 1 is 1.11 bits per heavy atom. The van der Waals surface area contributed by atoms with Crippen molar-refractivity contribution in [1.82, 2.24) is 9.80 Å². The number of hydrogen-bond acceptors (Lipinski definition) is 3. The molecule has 0 spiro atoms. The number of phenols is 1. The van der Waals surface area contributed by atoms with Crippen LogP contribution in [0.15, 0.2) is 24.3 Å². The van der Waals surface area contributed by atoms with E-state index in [9.17, 15) is 5.11 Å². The van der Waals surface area contributed by atoms with Gasteiger partial charge in [0.1, 0.15) is 5.75 Å². The van der Waals surface area contributed by atoms with Gasteiger partial charge >= 0.3 is 0 Å². The van der Waals surface area contributed by atoms with Crippen molar-refractivity contribution >= 4 is 0 Å². The molecule has 1 aromatic rings. The van der Waals surface area contributed by atoms with E-state index in [1.807, 2.05) is 18.2 Å². The summed E-state index contributed by atoms with van der Waals surface area (Å²) in [5, 5.41) is 9.86. The van der Waals surface area contributed by atoms with E-state index in [-0.39, 0.29) is 0 Å². The third-order valence-electron chi connectivity index (χ3n) is 4.27. The largest absolute Gasteiger partial charge is 0.508 e. The molecule has 98 valence electrons. The molecule has 0 aromatic heterocycles. The molecule has 18 heavy (non-hydrogen) atoms. The SMILES string of the molecule is Oc1ccccc1CN1CCCN2CCCC2C1. The lowest BCUT2D eigenvalue weighted by molar-refractivity contribution is 0.214. The molecule has 2 fully saturated rings. The molecule has 2 aliphatic rings. The second kappa shape index (κ2) is 5.29. The van der Waals surface area contributed by atoms with Gasteiger partial charge in [0.15, 0.2) is 0 Å². The zero-order valence-corrected chi connectivity index (χ0v) is 10.9. The molecule has 1 unspecified atom stereocenters. The van der Waals surface area contributed by atoms with Crippen LogP contribution in [0.5, 0.6) is 5.75 Å². The number of rotatable bonds is 2. The van der Waals surface area contributed by atoms with Gasteiger partial charge in [-0.1, -0.05) is 18.2 Å². The first-order valence-corrected chi connectivity index (χ1v) is 7.06. The maximum Gasteiger partial charge on any atom is 0.120 e.